The summed E-state index contributed by atoms with van der Waals surface area (Å²) in [6, 6.07) is 24.2. The molecule has 0 saturated carbocycles. The number of fused-ring (bicyclic) bond motifs is 4. The molecule has 4 aliphatic rings. The molecule has 4 heterocycles. The minimum absolute atomic E-state index is 0.0512. The quantitative estimate of drug-likeness (QED) is 0.136. The molecular formula is C47H49N5O5. The van der Waals surface area contributed by atoms with Gasteiger partial charge in [-0.15, -0.1) is 0 Å². The van der Waals surface area contributed by atoms with E-state index in [1.54, 1.807) is 24.1 Å². The molecule has 0 bridgehead atoms. The number of amides is 2. The maximum absolute atomic E-state index is 13.7. The number of rotatable bonds is 13. The molecule has 0 spiro atoms. The Bertz CT molecular complexity index is 2310. The second-order valence-corrected chi connectivity index (χ2v) is 15.5. The number of unbranched alkanes of at least 4 members (excludes halogenated alkanes) is 2. The number of methoxy groups -OCH3 is 1. The van der Waals surface area contributed by atoms with Gasteiger partial charge in [-0.25, -0.2) is 0 Å². The van der Waals surface area contributed by atoms with Gasteiger partial charge in [-0.2, -0.15) is 0 Å². The number of ether oxygens (including phenoxy) is 3. The number of hydrogen-bond donors (Lipinski definition) is 1. The third kappa shape index (κ3) is 7.94. The van der Waals surface area contributed by atoms with Crippen LogP contribution in [0.1, 0.15) is 88.9 Å². The van der Waals surface area contributed by atoms with E-state index in [1.165, 1.54) is 5.56 Å². The SMILES string of the molecule is COc1cc2c(cc1OCCCCCOc1cc3c(cc1C)C(=O)N1C=C(c4ccc(NC(C)C)cc4)C[C@H]1C=N3)N=C[C@@H]1CC(c3ccc(C)cc3)=CN1C2=O. The second-order valence-electron chi connectivity index (χ2n) is 15.5. The van der Waals surface area contributed by atoms with E-state index in [4.69, 9.17) is 24.2 Å². The Hall–Kier alpha value is -6.16. The average Bonchev–Trinajstić information content (AvgIpc) is 3.78. The van der Waals surface area contributed by atoms with Gasteiger partial charge in [0, 0.05) is 61.5 Å². The maximum atomic E-state index is 13.7. The molecule has 1 N–H and O–H groups in total. The molecular weight excluding hydrogens is 715 g/mol. The molecule has 0 unspecified atom stereocenters. The molecule has 57 heavy (non-hydrogen) atoms. The number of anilines is 1. The van der Waals surface area contributed by atoms with Gasteiger partial charge in [0.1, 0.15) is 5.75 Å². The van der Waals surface area contributed by atoms with Crippen molar-refractivity contribution < 1.29 is 23.8 Å². The molecule has 10 heteroatoms. The van der Waals surface area contributed by atoms with Crippen LogP contribution >= 0.6 is 0 Å². The molecule has 4 aliphatic heterocycles. The lowest BCUT2D eigenvalue weighted by Crippen LogP contribution is -2.32. The smallest absolute Gasteiger partial charge is 0.260 e. The highest BCUT2D eigenvalue weighted by molar-refractivity contribution is 6.06. The molecule has 0 fully saturated rings. The van der Waals surface area contributed by atoms with Gasteiger partial charge >= 0.3 is 0 Å². The number of hydrogen-bond acceptors (Lipinski definition) is 8. The lowest BCUT2D eigenvalue weighted by Gasteiger charge is -2.19. The van der Waals surface area contributed by atoms with E-state index in [9.17, 15) is 9.59 Å². The standard InChI is InChI=1S/C47H49N5O5/c1-29(2)50-36-15-13-33(14-16-36)35-21-37-25-48-41-23-43(31(4)19-39(41)46(53)51(37)28-35)56-17-7-6-8-18-57-45-24-42-40(22-44(45)55-5)47(54)52-27-34(20-38(52)26-49-42)32-11-9-30(3)10-12-32/h9-16,19,22-29,37-38,50H,6-8,17-18,20-21H2,1-5H3/t37-,38-/m0/s1. The Balaban J connectivity index is 0.831. The number of nitrogens with zero attached hydrogens (tertiary/aromatic N) is 4. The number of aliphatic imine (C=N–C) groups is 2. The number of carbonyl (C=O) groups is 2. The first kappa shape index (κ1) is 37.7. The third-order valence-corrected chi connectivity index (χ3v) is 10.9. The van der Waals surface area contributed by atoms with Gasteiger partial charge in [0.05, 0.1) is 54.9 Å². The Labute approximate surface area is 334 Å². The minimum Gasteiger partial charge on any atom is -0.493 e. The van der Waals surface area contributed by atoms with Crippen molar-refractivity contribution in [1.29, 1.82) is 0 Å². The summed E-state index contributed by atoms with van der Waals surface area (Å²) in [5.74, 6) is 1.64. The molecule has 10 nitrogen and oxygen atoms in total. The summed E-state index contributed by atoms with van der Waals surface area (Å²) >= 11 is 0. The maximum Gasteiger partial charge on any atom is 0.260 e. The van der Waals surface area contributed by atoms with Gasteiger partial charge in [-0.3, -0.25) is 19.6 Å². The highest BCUT2D eigenvalue weighted by atomic mass is 16.5. The summed E-state index contributed by atoms with van der Waals surface area (Å²) in [6.45, 7) is 9.28. The van der Waals surface area contributed by atoms with Crippen LogP contribution in [0, 0.1) is 13.8 Å². The highest BCUT2D eigenvalue weighted by Crippen LogP contribution is 2.41. The van der Waals surface area contributed by atoms with E-state index < -0.39 is 0 Å². The van der Waals surface area contributed by atoms with Crippen LogP contribution in [-0.4, -0.2) is 72.5 Å². The van der Waals surface area contributed by atoms with Crippen molar-refractivity contribution in [2.75, 3.05) is 25.6 Å². The van der Waals surface area contributed by atoms with Crippen molar-refractivity contribution in [2.45, 2.75) is 77.9 Å². The van der Waals surface area contributed by atoms with Crippen LogP contribution in [0.5, 0.6) is 17.2 Å². The molecule has 2 amide bonds. The Kier molecular flexibility index (Phi) is 10.7. The molecule has 4 aromatic rings. The van der Waals surface area contributed by atoms with Gasteiger partial charge in [0.15, 0.2) is 11.5 Å². The van der Waals surface area contributed by atoms with Gasteiger partial charge in [-0.05, 0) is 99.1 Å². The van der Waals surface area contributed by atoms with E-state index in [1.807, 2.05) is 48.8 Å². The van der Waals surface area contributed by atoms with Gasteiger partial charge in [-0.1, -0.05) is 42.0 Å². The van der Waals surface area contributed by atoms with E-state index in [-0.39, 0.29) is 23.9 Å². The molecule has 8 rings (SSSR count). The molecule has 0 saturated heterocycles. The summed E-state index contributed by atoms with van der Waals surface area (Å²) < 4.78 is 18.0. The summed E-state index contributed by atoms with van der Waals surface area (Å²) in [6.07, 6.45) is 11.6. The molecule has 0 radical (unpaired) electrons. The lowest BCUT2D eigenvalue weighted by atomic mass is 10.0. The number of benzene rings is 4. The van der Waals surface area contributed by atoms with Gasteiger partial charge in [0.25, 0.3) is 11.8 Å². The van der Waals surface area contributed by atoms with Crippen molar-refractivity contribution in [1.82, 2.24) is 9.80 Å². The van der Waals surface area contributed by atoms with Crippen molar-refractivity contribution in [2.24, 2.45) is 9.98 Å². The zero-order valence-corrected chi connectivity index (χ0v) is 33.2. The van der Waals surface area contributed by atoms with Crippen molar-refractivity contribution in [3.8, 4) is 17.2 Å². The molecule has 0 aromatic heterocycles. The monoisotopic (exact) mass is 763 g/mol. The average molecular weight is 764 g/mol. The predicted molar refractivity (Wildman–Crippen MR) is 227 cm³/mol. The van der Waals surface area contributed by atoms with Crippen molar-refractivity contribution in [3.05, 3.63) is 119 Å². The van der Waals surface area contributed by atoms with E-state index in [0.717, 1.165) is 58.5 Å². The van der Waals surface area contributed by atoms with E-state index in [0.29, 0.717) is 66.1 Å². The largest absolute Gasteiger partial charge is 0.493 e. The topological polar surface area (TPSA) is 105 Å². The number of carbonyl (C=O) groups excluding carboxylic acids is 2. The fourth-order valence-electron chi connectivity index (χ4n) is 7.78. The van der Waals surface area contributed by atoms with Crippen LogP contribution < -0.4 is 19.5 Å². The van der Waals surface area contributed by atoms with Gasteiger partial charge in [0.2, 0.25) is 0 Å². The van der Waals surface area contributed by atoms with Crippen molar-refractivity contribution in [3.63, 3.8) is 0 Å². The molecule has 0 aliphatic carbocycles. The fourth-order valence-corrected chi connectivity index (χ4v) is 7.78. The minimum atomic E-state index is -0.144. The second kappa shape index (κ2) is 16.1. The predicted octanol–water partition coefficient (Wildman–Crippen LogP) is 9.70. The fraction of sp³-hybridized carbons (Fsp3) is 0.319. The van der Waals surface area contributed by atoms with Gasteiger partial charge < -0.3 is 29.3 Å². The van der Waals surface area contributed by atoms with Crippen LogP contribution in [0.3, 0.4) is 0 Å². The van der Waals surface area contributed by atoms with Crippen LogP contribution in [0.25, 0.3) is 11.1 Å². The van der Waals surface area contributed by atoms with Crippen LogP contribution in [0.15, 0.2) is 95.2 Å². The zero-order chi connectivity index (χ0) is 39.6. The van der Waals surface area contributed by atoms with E-state index in [2.05, 4.69) is 74.6 Å². The molecule has 2 atom stereocenters. The van der Waals surface area contributed by atoms with Crippen LogP contribution in [-0.2, 0) is 0 Å². The first-order chi connectivity index (χ1) is 27.6. The Morgan fingerprint density at radius 1 is 0.684 bits per heavy atom. The summed E-state index contributed by atoms with van der Waals surface area (Å²) in [4.78, 5) is 40.5. The Morgan fingerprint density at radius 3 is 1.77 bits per heavy atom. The highest BCUT2D eigenvalue weighted by Gasteiger charge is 2.35. The molecule has 4 aromatic carbocycles. The Morgan fingerprint density at radius 2 is 1.21 bits per heavy atom. The number of nitrogens with one attached hydrogen (secondary N) is 1. The van der Waals surface area contributed by atoms with Crippen molar-refractivity contribution >= 4 is 52.5 Å². The lowest BCUT2D eigenvalue weighted by molar-refractivity contribution is 0.0809. The first-order valence-electron chi connectivity index (χ1n) is 19.9. The normalized spacial score (nSPS) is 18.0. The summed E-state index contributed by atoms with van der Waals surface area (Å²) in [5, 5.41) is 3.42. The summed E-state index contributed by atoms with van der Waals surface area (Å²) in [5.41, 5.74) is 9.92. The van der Waals surface area contributed by atoms with E-state index >= 15 is 0 Å². The molecule has 292 valence electrons. The van der Waals surface area contributed by atoms with Crippen LogP contribution in [0.4, 0.5) is 17.1 Å². The zero-order valence-electron chi connectivity index (χ0n) is 33.2. The first-order valence-corrected chi connectivity index (χ1v) is 19.9. The third-order valence-electron chi connectivity index (χ3n) is 10.9. The summed E-state index contributed by atoms with van der Waals surface area (Å²) in [7, 11) is 1.58. The van der Waals surface area contributed by atoms with Crippen LogP contribution in [0.2, 0.25) is 0 Å². The number of aryl methyl sites for hydroxylation is 2.